The molecule has 1 aromatic rings. The second kappa shape index (κ2) is 4.79. The van der Waals surface area contributed by atoms with Crippen molar-refractivity contribution in [2.75, 3.05) is 6.61 Å². The van der Waals surface area contributed by atoms with Gasteiger partial charge in [0.1, 0.15) is 5.76 Å². The number of benzene rings is 1. The molecule has 0 heterocycles. The van der Waals surface area contributed by atoms with Gasteiger partial charge in [-0.15, -0.1) is 0 Å². The van der Waals surface area contributed by atoms with Crippen molar-refractivity contribution in [3.05, 3.63) is 45.5 Å². The highest BCUT2D eigenvalue weighted by atomic mass is 35.5. The molecule has 0 aliphatic rings. The molecule has 0 saturated heterocycles. The number of nitrogens with zero attached hydrogens (tertiary/aromatic N) is 1. The minimum Gasteiger partial charge on any atom is -0.494 e. The molecule has 0 aliphatic carbocycles. The number of nitro benzene ring substituents is 1. The third-order valence-corrected chi connectivity index (χ3v) is 2.01. The van der Waals surface area contributed by atoms with E-state index in [1.54, 1.807) is 13.0 Å². The molecule has 1 aromatic carbocycles. The summed E-state index contributed by atoms with van der Waals surface area (Å²) in [6, 6.07) is 4.37. The van der Waals surface area contributed by atoms with E-state index in [-0.39, 0.29) is 11.4 Å². The smallest absolute Gasteiger partial charge is 0.281 e. The number of nitro groups is 1. The Morgan fingerprint density at radius 1 is 1.67 bits per heavy atom. The average Bonchev–Trinajstić information content (AvgIpc) is 2.17. The Hall–Kier alpha value is -1.55. The Kier molecular flexibility index (Phi) is 3.68. The van der Waals surface area contributed by atoms with Crippen molar-refractivity contribution < 1.29 is 9.66 Å². The number of ether oxygens (including phenoxy) is 1. The summed E-state index contributed by atoms with van der Waals surface area (Å²) in [5.74, 6) is 0.279. The van der Waals surface area contributed by atoms with E-state index in [2.05, 4.69) is 6.58 Å². The molecule has 0 atom stereocenters. The van der Waals surface area contributed by atoms with E-state index in [1.165, 1.54) is 12.1 Å². The highest BCUT2D eigenvalue weighted by molar-refractivity contribution is 6.30. The van der Waals surface area contributed by atoms with Gasteiger partial charge in [-0.1, -0.05) is 18.2 Å². The lowest BCUT2D eigenvalue weighted by atomic mass is 10.1. The van der Waals surface area contributed by atoms with Gasteiger partial charge in [0.25, 0.3) is 5.69 Å². The van der Waals surface area contributed by atoms with Gasteiger partial charge in [-0.2, -0.15) is 0 Å². The predicted molar refractivity (Wildman–Crippen MR) is 58.8 cm³/mol. The fourth-order valence-electron chi connectivity index (χ4n) is 1.14. The topological polar surface area (TPSA) is 52.4 Å². The van der Waals surface area contributed by atoms with Gasteiger partial charge < -0.3 is 4.74 Å². The fraction of sp³-hybridized carbons (Fsp3) is 0.200. The second-order valence-electron chi connectivity index (χ2n) is 2.77. The molecule has 4 nitrogen and oxygen atoms in total. The maximum Gasteiger partial charge on any atom is 0.281 e. The van der Waals surface area contributed by atoms with Gasteiger partial charge in [0.2, 0.25) is 0 Å². The van der Waals surface area contributed by atoms with Crippen molar-refractivity contribution in [1.29, 1.82) is 0 Å². The summed E-state index contributed by atoms with van der Waals surface area (Å²) in [4.78, 5) is 10.2. The summed E-state index contributed by atoms with van der Waals surface area (Å²) in [6.07, 6.45) is 0. The first kappa shape index (κ1) is 11.5. The molecule has 0 radical (unpaired) electrons. The van der Waals surface area contributed by atoms with Crippen molar-refractivity contribution in [2.24, 2.45) is 0 Å². The molecule has 80 valence electrons. The molecule has 0 bridgehead atoms. The summed E-state index contributed by atoms with van der Waals surface area (Å²) in [7, 11) is 0. The normalized spacial score (nSPS) is 9.73. The van der Waals surface area contributed by atoms with Crippen LogP contribution in [-0.2, 0) is 4.74 Å². The largest absolute Gasteiger partial charge is 0.494 e. The maximum absolute atomic E-state index is 10.7. The predicted octanol–water partition coefficient (Wildman–Crippen LogP) is 3.26. The van der Waals surface area contributed by atoms with Crippen molar-refractivity contribution >= 4 is 23.0 Å². The van der Waals surface area contributed by atoms with Crippen molar-refractivity contribution in [3.8, 4) is 0 Å². The minimum absolute atomic E-state index is 0.0963. The molecule has 0 N–H and O–H groups in total. The van der Waals surface area contributed by atoms with Gasteiger partial charge >= 0.3 is 0 Å². The van der Waals surface area contributed by atoms with Crippen molar-refractivity contribution in [2.45, 2.75) is 6.92 Å². The van der Waals surface area contributed by atoms with Crippen LogP contribution in [-0.4, -0.2) is 11.5 Å². The quantitative estimate of drug-likeness (QED) is 0.451. The van der Waals surface area contributed by atoms with Crippen molar-refractivity contribution in [3.63, 3.8) is 0 Å². The van der Waals surface area contributed by atoms with Crippen molar-refractivity contribution in [1.82, 2.24) is 0 Å². The van der Waals surface area contributed by atoms with Crippen LogP contribution in [0.15, 0.2) is 24.8 Å². The third-order valence-electron chi connectivity index (χ3n) is 1.78. The average molecular weight is 228 g/mol. The van der Waals surface area contributed by atoms with Gasteiger partial charge in [-0.25, -0.2) is 0 Å². The molecular formula is C10H10ClNO3. The minimum atomic E-state index is -0.509. The van der Waals surface area contributed by atoms with E-state index in [4.69, 9.17) is 16.3 Å². The van der Waals surface area contributed by atoms with Gasteiger partial charge in [0.15, 0.2) is 0 Å². The molecule has 0 aromatic heterocycles. The van der Waals surface area contributed by atoms with Gasteiger partial charge in [0.05, 0.1) is 17.1 Å². The number of halogens is 1. The highest BCUT2D eigenvalue weighted by Gasteiger charge is 2.17. The van der Waals surface area contributed by atoms with Gasteiger partial charge in [-0.3, -0.25) is 10.1 Å². The van der Waals surface area contributed by atoms with Crippen LogP contribution in [0, 0.1) is 10.1 Å². The van der Waals surface area contributed by atoms with E-state index in [0.29, 0.717) is 17.2 Å². The Balaban J connectivity index is 3.17. The van der Waals surface area contributed by atoms with Crippen LogP contribution in [0.2, 0.25) is 5.02 Å². The van der Waals surface area contributed by atoms with Gasteiger partial charge in [0, 0.05) is 11.1 Å². The molecule has 0 fully saturated rings. The summed E-state index contributed by atoms with van der Waals surface area (Å²) in [6.45, 7) is 5.82. The van der Waals surface area contributed by atoms with Crippen LogP contribution in [0.1, 0.15) is 12.5 Å². The third kappa shape index (κ3) is 2.70. The first-order valence-corrected chi connectivity index (χ1v) is 4.70. The zero-order valence-electron chi connectivity index (χ0n) is 8.20. The van der Waals surface area contributed by atoms with E-state index in [0.717, 1.165) is 0 Å². The Morgan fingerprint density at radius 2 is 2.33 bits per heavy atom. The summed E-state index contributed by atoms with van der Waals surface area (Å²) < 4.78 is 5.12. The monoisotopic (exact) mass is 227 g/mol. The first-order chi connectivity index (χ1) is 7.06. The Labute approximate surface area is 92.3 Å². The second-order valence-corrected chi connectivity index (χ2v) is 3.21. The SMILES string of the molecule is C=C(OCC)c1ccc(Cl)cc1[N+](=O)[O-]. The summed E-state index contributed by atoms with van der Waals surface area (Å²) in [5, 5.41) is 11.0. The Bertz CT molecular complexity index is 404. The van der Waals surface area contributed by atoms with E-state index in [1.807, 2.05) is 0 Å². The lowest BCUT2D eigenvalue weighted by molar-refractivity contribution is -0.385. The Morgan fingerprint density at radius 3 is 2.87 bits per heavy atom. The molecule has 0 saturated carbocycles. The zero-order chi connectivity index (χ0) is 11.4. The maximum atomic E-state index is 10.7. The number of hydrogen-bond donors (Lipinski definition) is 0. The van der Waals surface area contributed by atoms with Gasteiger partial charge in [-0.05, 0) is 19.1 Å². The molecule has 0 spiro atoms. The number of rotatable bonds is 4. The highest BCUT2D eigenvalue weighted by Crippen LogP contribution is 2.28. The van der Waals surface area contributed by atoms with Crippen LogP contribution in [0.4, 0.5) is 5.69 Å². The molecule has 0 amide bonds. The standard InChI is InChI=1S/C10H10ClNO3/c1-3-15-7(2)9-5-4-8(11)6-10(9)12(13)14/h4-6H,2-3H2,1H3. The molecule has 5 heteroatoms. The van der Waals surface area contributed by atoms with Crippen LogP contribution in [0.5, 0.6) is 0 Å². The number of hydrogen-bond acceptors (Lipinski definition) is 3. The van der Waals surface area contributed by atoms with E-state index < -0.39 is 4.92 Å². The van der Waals surface area contributed by atoms with Crippen LogP contribution < -0.4 is 0 Å². The summed E-state index contributed by atoms with van der Waals surface area (Å²) in [5.41, 5.74) is 0.257. The molecule has 0 unspecified atom stereocenters. The zero-order valence-corrected chi connectivity index (χ0v) is 8.95. The lowest BCUT2D eigenvalue weighted by Crippen LogP contribution is -1.97. The fourth-order valence-corrected chi connectivity index (χ4v) is 1.31. The lowest BCUT2D eigenvalue weighted by Gasteiger charge is -2.07. The molecular weight excluding hydrogens is 218 g/mol. The first-order valence-electron chi connectivity index (χ1n) is 4.32. The van der Waals surface area contributed by atoms with Crippen LogP contribution in [0.3, 0.4) is 0 Å². The summed E-state index contributed by atoms with van der Waals surface area (Å²) >= 11 is 5.67. The molecule has 15 heavy (non-hydrogen) atoms. The molecule has 0 aliphatic heterocycles. The van der Waals surface area contributed by atoms with E-state index >= 15 is 0 Å². The molecule has 1 rings (SSSR count). The van der Waals surface area contributed by atoms with Crippen LogP contribution >= 0.6 is 11.6 Å². The van der Waals surface area contributed by atoms with E-state index in [9.17, 15) is 10.1 Å². The van der Waals surface area contributed by atoms with Crippen LogP contribution in [0.25, 0.3) is 5.76 Å².